The van der Waals surface area contributed by atoms with Crippen molar-refractivity contribution in [2.75, 3.05) is 36.6 Å². The van der Waals surface area contributed by atoms with Crippen LogP contribution in [0.4, 0.5) is 11.4 Å². The van der Waals surface area contributed by atoms with E-state index in [4.69, 9.17) is 9.47 Å². The van der Waals surface area contributed by atoms with Crippen LogP contribution in [-0.4, -0.2) is 43.1 Å². The first-order valence-corrected chi connectivity index (χ1v) is 10.4. The number of carbonyl (C=O) groups is 2. The summed E-state index contributed by atoms with van der Waals surface area (Å²) in [5, 5.41) is 2.94. The van der Waals surface area contributed by atoms with Crippen LogP contribution in [0.5, 0.6) is 11.5 Å². The first kappa shape index (κ1) is 20.2. The maximum Gasteiger partial charge on any atom is 0.231 e. The van der Waals surface area contributed by atoms with E-state index in [1.807, 2.05) is 42.5 Å². The largest absolute Gasteiger partial charge is 0.454 e. The molecule has 0 saturated carbocycles. The summed E-state index contributed by atoms with van der Waals surface area (Å²) in [7, 11) is 0. The number of carbonyl (C=O) groups excluding carboxylic acids is 2. The van der Waals surface area contributed by atoms with E-state index in [1.165, 1.54) is 0 Å². The van der Waals surface area contributed by atoms with E-state index in [2.05, 4.69) is 17.1 Å². The molecule has 2 aromatic rings. The Morgan fingerprint density at radius 2 is 1.93 bits per heavy atom. The van der Waals surface area contributed by atoms with E-state index in [1.54, 1.807) is 4.90 Å². The molecule has 0 bridgehead atoms. The van der Waals surface area contributed by atoms with E-state index in [0.29, 0.717) is 19.4 Å². The van der Waals surface area contributed by atoms with Gasteiger partial charge >= 0.3 is 0 Å². The van der Waals surface area contributed by atoms with E-state index in [0.717, 1.165) is 54.5 Å². The lowest BCUT2D eigenvalue weighted by Crippen LogP contribution is -2.27. The summed E-state index contributed by atoms with van der Waals surface area (Å²) in [5.41, 5.74) is 2.76. The van der Waals surface area contributed by atoms with Gasteiger partial charge in [0, 0.05) is 43.9 Å². The third-order valence-electron chi connectivity index (χ3n) is 5.48. The Balaban J connectivity index is 1.26. The number of hydrogen-bond donors (Lipinski definition) is 1. The Bertz CT molecular complexity index is 913. The van der Waals surface area contributed by atoms with Gasteiger partial charge in [0.25, 0.3) is 0 Å². The minimum absolute atomic E-state index is 0.0239. The van der Waals surface area contributed by atoms with E-state index < -0.39 is 0 Å². The van der Waals surface area contributed by atoms with Crippen molar-refractivity contribution in [3.63, 3.8) is 0 Å². The number of ether oxygens (including phenoxy) is 2. The summed E-state index contributed by atoms with van der Waals surface area (Å²) >= 11 is 0. The molecule has 0 radical (unpaired) electrons. The standard InChI is InChI=1S/C23H27N3O4/c1-2-25(15-17-5-10-20-21(14-17)30-16-29-20)13-11-22(27)24-18-6-8-19(9-7-18)26-12-3-4-23(26)28/h5-10,14H,2-4,11-13,15-16H2,1H3,(H,24,27). The van der Waals surface area contributed by atoms with Crippen LogP contribution < -0.4 is 19.7 Å². The van der Waals surface area contributed by atoms with Gasteiger partial charge in [-0.2, -0.15) is 0 Å². The SMILES string of the molecule is CCN(CCC(=O)Nc1ccc(N2CCCC2=O)cc1)Cc1ccc2c(c1)OCO2. The van der Waals surface area contributed by atoms with E-state index in [9.17, 15) is 9.59 Å². The number of nitrogens with one attached hydrogen (secondary N) is 1. The zero-order valence-corrected chi connectivity index (χ0v) is 17.2. The van der Waals surface area contributed by atoms with Crippen LogP contribution in [0, 0.1) is 0 Å². The molecule has 7 heteroatoms. The van der Waals surface area contributed by atoms with Crippen LogP contribution in [-0.2, 0) is 16.1 Å². The van der Waals surface area contributed by atoms with Gasteiger partial charge in [-0.1, -0.05) is 13.0 Å². The van der Waals surface area contributed by atoms with Crippen LogP contribution >= 0.6 is 0 Å². The third kappa shape index (κ3) is 4.74. The molecule has 1 saturated heterocycles. The van der Waals surface area contributed by atoms with Gasteiger partial charge in [0.05, 0.1) is 0 Å². The molecule has 2 aliphatic rings. The van der Waals surface area contributed by atoms with Crippen molar-refractivity contribution in [2.24, 2.45) is 0 Å². The smallest absolute Gasteiger partial charge is 0.231 e. The van der Waals surface area contributed by atoms with Gasteiger partial charge in [0.2, 0.25) is 18.6 Å². The topological polar surface area (TPSA) is 71.1 Å². The summed E-state index contributed by atoms with van der Waals surface area (Å²) in [4.78, 5) is 28.2. The van der Waals surface area contributed by atoms with E-state index >= 15 is 0 Å². The molecule has 0 atom stereocenters. The van der Waals surface area contributed by atoms with Crippen molar-refractivity contribution in [1.82, 2.24) is 4.90 Å². The lowest BCUT2D eigenvalue weighted by atomic mass is 10.2. The van der Waals surface area contributed by atoms with E-state index in [-0.39, 0.29) is 18.6 Å². The quantitative estimate of drug-likeness (QED) is 0.724. The van der Waals surface area contributed by atoms with Crippen LogP contribution in [0.2, 0.25) is 0 Å². The molecule has 4 rings (SSSR count). The van der Waals surface area contributed by atoms with Gasteiger partial charge in [0.1, 0.15) is 0 Å². The van der Waals surface area contributed by atoms with Gasteiger partial charge in [-0.25, -0.2) is 0 Å². The molecule has 0 aromatic heterocycles. The number of anilines is 2. The van der Waals surface area contributed by atoms with Gasteiger partial charge in [-0.15, -0.1) is 0 Å². The third-order valence-corrected chi connectivity index (χ3v) is 5.48. The first-order valence-electron chi connectivity index (χ1n) is 10.4. The van der Waals surface area contributed by atoms with Gasteiger partial charge in [-0.05, 0) is 54.9 Å². The Labute approximate surface area is 176 Å². The Morgan fingerprint density at radius 3 is 2.67 bits per heavy atom. The molecule has 1 fully saturated rings. The highest BCUT2D eigenvalue weighted by Crippen LogP contribution is 2.32. The fourth-order valence-electron chi connectivity index (χ4n) is 3.78. The number of fused-ring (bicyclic) bond motifs is 1. The van der Waals surface area contributed by atoms with Crippen LogP contribution in [0.25, 0.3) is 0 Å². The zero-order valence-electron chi connectivity index (χ0n) is 17.2. The molecule has 2 heterocycles. The molecule has 2 aromatic carbocycles. The van der Waals surface area contributed by atoms with Crippen molar-refractivity contribution in [2.45, 2.75) is 32.7 Å². The van der Waals surface area contributed by atoms with Crippen molar-refractivity contribution >= 4 is 23.2 Å². The number of hydrogen-bond acceptors (Lipinski definition) is 5. The number of amides is 2. The average Bonchev–Trinajstić information content (AvgIpc) is 3.40. The zero-order chi connectivity index (χ0) is 20.9. The molecule has 1 N–H and O–H groups in total. The highest BCUT2D eigenvalue weighted by atomic mass is 16.7. The summed E-state index contributed by atoms with van der Waals surface area (Å²) in [5.74, 6) is 1.69. The molecule has 2 amide bonds. The van der Waals surface area contributed by atoms with Gasteiger partial charge in [0.15, 0.2) is 11.5 Å². The molecule has 30 heavy (non-hydrogen) atoms. The predicted octanol–water partition coefficient (Wildman–Crippen LogP) is 3.39. The second-order valence-corrected chi connectivity index (χ2v) is 7.55. The van der Waals surface area contributed by atoms with Gasteiger partial charge < -0.3 is 19.7 Å². The summed E-state index contributed by atoms with van der Waals surface area (Å²) in [6.07, 6.45) is 1.92. The fraction of sp³-hybridized carbons (Fsp3) is 0.391. The predicted molar refractivity (Wildman–Crippen MR) is 115 cm³/mol. The summed E-state index contributed by atoms with van der Waals surface area (Å²) in [6.45, 7) is 5.38. The number of nitrogens with zero attached hydrogens (tertiary/aromatic N) is 2. The van der Waals surface area contributed by atoms with Crippen molar-refractivity contribution in [3.05, 3.63) is 48.0 Å². The molecular weight excluding hydrogens is 382 g/mol. The number of benzene rings is 2. The Hall–Kier alpha value is -3.06. The minimum Gasteiger partial charge on any atom is -0.454 e. The van der Waals surface area contributed by atoms with Gasteiger partial charge in [-0.3, -0.25) is 14.5 Å². The van der Waals surface area contributed by atoms with Crippen LogP contribution in [0.1, 0.15) is 31.7 Å². The Morgan fingerprint density at radius 1 is 1.13 bits per heavy atom. The van der Waals surface area contributed by atoms with Crippen molar-refractivity contribution in [3.8, 4) is 11.5 Å². The monoisotopic (exact) mass is 409 g/mol. The Kier molecular flexibility index (Phi) is 6.18. The summed E-state index contributed by atoms with van der Waals surface area (Å²) < 4.78 is 10.8. The van der Waals surface area contributed by atoms with Crippen molar-refractivity contribution < 1.29 is 19.1 Å². The molecule has 0 spiro atoms. The molecule has 158 valence electrons. The normalized spacial score (nSPS) is 15.1. The first-order chi connectivity index (χ1) is 14.6. The molecule has 7 nitrogen and oxygen atoms in total. The second-order valence-electron chi connectivity index (χ2n) is 7.55. The summed E-state index contributed by atoms with van der Waals surface area (Å²) in [6, 6.07) is 13.4. The molecular formula is C23H27N3O4. The highest BCUT2D eigenvalue weighted by molar-refractivity contribution is 5.96. The average molecular weight is 409 g/mol. The fourth-order valence-corrected chi connectivity index (χ4v) is 3.78. The second kappa shape index (κ2) is 9.17. The number of rotatable bonds is 8. The molecule has 2 aliphatic heterocycles. The lowest BCUT2D eigenvalue weighted by molar-refractivity contribution is -0.117. The maximum absolute atomic E-state index is 12.4. The lowest BCUT2D eigenvalue weighted by Gasteiger charge is -2.20. The molecule has 0 aliphatic carbocycles. The van der Waals surface area contributed by atoms with Crippen LogP contribution in [0.15, 0.2) is 42.5 Å². The van der Waals surface area contributed by atoms with Crippen LogP contribution in [0.3, 0.4) is 0 Å². The van der Waals surface area contributed by atoms with Crippen molar-refractivity contribution in [1.29, 1.82) is 0 Å². The molecule has 0 unspecified atom stereocenters. The minimum atomic E-state index is -0.0239. The highest BCUT2D eigenvalue weighted by Gasteiger charge is 2.21. The maximum atomic E-state index is 12.4.